The predicted molar refractivity (Wildman–Crippen MR) is 64.9 cm³/mol. The second kappa shape index (κ2) is 6.09. The van der Waals surface area contributed by atoms with Gasteiger partial charge in [-0.25, -0.2) is 13.1 Å². The van der Waals surface area contributed by atoms with E-state index in [1.165, 1.54) is 0 Å². The van der Waals surface area contributed by atoms with Crippen molar-refractivity contribution in [1.82, 2.24) is 4.72 Å². The molecule has 0 heterocycles. The quantitative estimate of drug-likeness (QED) is 0.752. The van der Waals surface area contributed by atoms with Crippen molar-refractivity contribution in [2.24, 2.45) is 5.73 Å². The van der Waals surface area contributed by atoms with Gasteiger partial charge in [-0.3, -0.25) is 4.39 Å². The van der Waals surface area contributed by atoms with Crippen LogP contribution < -0.4 is 10.5 Å². The Morgan fingerprint density at radius 1 is 1.41 bits per heavy atom. The maximum absolute atomic E-state index is 11.9. The number of halogens is 1. The maximum Gasteiger partial charge on any atom is 0.240 e. The van der Waals surface area contributed by atoms with Crippen LogP contribution in [0.3, 0.4) is 0 Å². The van der Waals surface area contributed by atoms with E-state index in [1.54, 1.807) is 25.1 Å². The average molecular weight is 260 g/mol. The summed E-state index contributed by atoms with van der Waals surface area (Å²) < 4.78 is 38.1. The number of sulfonamides is 1. The van der Waals surface area contributed by atoms with Gasteiger partial charge >= 0.3 is 0 Å². The fourth-order valence-electron chi connectivity index (χ4n) is 1.41. The molecule has 0 unspecified atom stereocenters. The lowest BCUT2D eigenvalue weighted by molar-refractivity contribution is 0.470. The lowest BCUT2D eigenvalue weighted by Gasteiger charge is -2.10. The SMILES string of the molecule is Cc1ccc(CN)cc1S(=O)(=O)NCCCF. The van der Waals surface area contributed by atoms with Gasteiger partial charge < -0.3 is 5.73 Å². The first-order chi connectivity index (χ1) is 8.01. The summed E-state index contributed by atoms with van der Waals surface area (Å²) in [4.78, 5) is 0.208. The van der Waals surface area contributed by atoms with E-state index in [9.17, 15) is 12.8 Å². The minimum absolute atomic E-state index is 0.102. The summed E-state index contributed by atoms with van der Waals surface area (Å²) >= 11 is 0. The lowest BCUT2D eigenvalue weighted by Crippen LogP contribution is -2.26. The van der Waals surface area contributed by atoms with Crippen LogP contribution in [0, 0.1) is 6.92 Å². The normalized spacial score (nSPS) is 11.7. The van der Waals surface area contributed by atoms with Crippen molar-refractivity contribution in [3.05, 3.63) is 29.3 Å². The van der Waals surface area contributed by atoms with Gasteiger partial charge in [-0.1, -0.05) is 12.1 Å². The summed E-state index contributed by atoms with van der Waals surface area (Å²) in [6, 6.07) is 5.05. The highest BCUT2D eigenvalue weighted by atomic mass is 32.2. The van der Waals surface area contributed by atoms with Crippen molar-refractivity contribution in [3.63, 3.8) is 0 Å². The minimum atomic E-state index is -3.57. The molecule has 0 aromatic heterocycles. The van der Waals surface area contributed by atoms with Crippen molar-refractivity contribution in [2.45, 2.75) is 24.8 Å². The van der Waals surface area contributed by atoms with Crippen LogP contribution in [-0.4, -0.2) is 21.6 Å². The molecule has 3 N–H and O–H groups in total. The number of aryl methyl sites for hydroxylation is 1. The van der Waals surface area contributed by atoms with Gasteiger partial charge in [-0.2, -0.15) is 0 Å². The highest BCUT2D eigenvalue weighted by Gasteiger charge is 2.16. The Morgan fingerprint density at radius 3 is 2.71 bits per heavy atom. The zero-order valence-corrected chi connectivity index (χ0v) is 10.6. The van der Waals surface area contributed by atoms with Crippen molar-refractivity contribution < 1.29 is 12.8 Å². The first-order valence-electron chi connectivity index (χ1n) is 5.36. The standard InChI is InChI=1S/C11H17FN2O2S/c1-9-3-4-10(8-13)7-11(9)17(15,16)14-6-2-5-12/h3-4,7,14H,2,5-6,8,13H2,1H3. The lowest BCUT2D eigenvalue weighted by atomic mass is 10.1. The van der Waals surface area contributed by atoms with Crippen molar-refractivity contribution in [1.29, 1.82) is 0 Å². The highest BCUT2D eigenvalue weighted by molar-refractivity contribution is 7.89. The molecule has 0 bridgehead atoms. The van der Waals surface area contributed by atoms with Crippen molar-refractivity contribution >= 4 is 10.0 Å². The molecule has 0 aliphatic carbocycles. The molecular formula is C11H17FN2O2S. The molecule has 6 heteroatoms. The van der Waals surface area contributed by atoms with Crippen LogP contribution in [0.2, 0.25) is 0 Å². The number of nitrogens with one attached hydrogen (secondary N) is 1. The second-order valence-electron chi connectivity index (χ2n) is 3.74. The van der Waals surface area contributed by atoms with Gasteiger partial charge in [0, 0.05) is 13.1 Å². The van der Waals surface area contributed by atoms with Gasteiger partial charge in [-0.15, -0.1) is 0 Å². The number of alkyl halides is 1. The van der Waals surface area contributed by atoms with E-state index in [0.29, 0.717) is 5.56 Å². The van der Waals surface area contributed by atoms with E-state index < -0.39 is 16.7 Å². The molecule has 0 atom stereocenters. The Labute approximate surface area is 101 Å². The van der Waals surface area contributed by atoms with Crippen LogP contribution in [-0.2, 0) is 16.6 Å². The van der Waals surface area contributed by atoms with E-state index in [4.69, 9.17) is 5.73 Å². The second-order valence-corrected chi connectivity index (χ2v) is 5.48. The van der Waals surface area contributed by atoms with E-state index in [-0.39, 0.29) is 24.4 Å². The van der Waals surface area contributed by atoms with Gasteiger partial charge in [0.05, 0.1) is 11.6 Å². The van der Waals surface area contributed by atoms with Crippen LogP contribution in [0.4, 0.5) is 4.39 Å². The van der Waals surface area contributed by atoms with E-state index >= 15 is 0 Å². The zero-order valence-electron chi connectivity index (χ0n) is 9.74. The summed E-state index contributed by atoms with van der Waals surface area (Å²) in [6.45, 7) is 1.56. The molecule has 17 heavy (non-hydrogen) atoms. The molecule has 0 spiro atoms. The van der Waals surface area contributed by atoms with Crippen LogP contribution >= 0.6 is 0 Å². The van der Waals surface area contributed by atoms with E-state index in [2.05, 4.69) is 4.72 Å². The summed E-state index contributed by atoms with van der Waals surface area (Å²) in [7, 11) is -3.57. The Bertz CT molecular complexity index is 474. The topological polar surface area (TPSA) is 72.2 Å². The highest BCUT2D eigenvalue weighted by Crippen LogP contribution is 2.16. The molecule has 1 aromatic carbocycles. The summed E-state index contributed by atoms with van der Waals surface area (Å²) in [5, 5.41) is 0. The first kappa shape index (κ1) is 14.1. The first-order valence-corrected chi connectivity index (χ1v) is 6.85. The van der Waals surface area contributed by atoms with Crippen LogP contribution in [0.5, 0.6) is 0 Å². The molecule has 0 aliphatic heterocycles. The Balaban J connectivity index is 2.97. The largest absolute Gasteiger partial charge is 0.326 e. The average Bonchev–Trinajstić information content (AvgIpc) is 2.29. The zero-order chi connectivity index (χ0) is 12.9. The van der Waals surface area contributed by atoms with Gasteiger partial charge in [0.1, 0.15) is 0 Å². The molecule has 0 amide bonds. The third-order valence-electron chi connectivity index (χ3n) is 2.38. The van der Waals surface area contributed by atoms with Gasteiger partial charge in [0.2, 0.25) is 10.0 Å². The number of nitrogens with two attached hydrogens (primary N) is 1. The summed E-state index contributed by atoms with van der Waals surface area (Å²) in [6.07, 6.45) is 0.175. The van der Waals surface area contributed by atoms with Crippen molar-refractivity contribution in [2.75, 3.05) is 13.2 Å². The predicted octanol–water partition coefficient (Wildman–Crippen LogP) is 1.09. The molecule has 1 rings (SSSR count). The van der Waals surface area contributed by atoms with Gasteiger partial charge in [0.25, 0.3) is 0 Å². The maximum atomic E-state index is 11.9. The minimum Gasteiger partial charge on any atom is -0.326 e. The molecule has 0 fully saturated rings. The Kier molecular flexibility index (Phi) is 5.04. The molecular weight excluding hydrogens is 243 g/mol. The Morgan fingerprint density at radius 2 is 2.12 bits per heavy atom. The number of rotatable bonds is 6. The number of benzene rings is 1. The number of hydrogen-bond acceptors (Lipinski definition) is 3. The van der Waals surface area contributed by atoms with E-state index in [1.807, 2.05) is 0 Å². The molecule has 0 aliphatic rings. The van der Waals surface area contributed by atoms with Crippen LogP contribution in [0.15, 0.2) is 23.1 Å². The van der Waals surface area contributed by atoms with E-state index in [0.717, 1.165) is 5.56 Å². The smallest absolute Gasteiger partial charge is 0.240 e. The van der Waals surface area contributed by atoms with Crippen LogP contribution in [0.25, 0.3) is 0 Å². The molecule has 0 saturated heterocycles. The summed E-state index contributed by atoms with van der Waals surface area (Å²) in [5.41, 5.74) is 6.87. The third kappa shape index (κ3) is 3.76. The van der Waals surface area contributed by atoms with Gasteiger partial charge in [-0.05, 0) is 30.5 Å². The molecule has 0 saturated carbocycles. The fourth-order valence-corrected chi connectivity index (χ4v) is 2.78. The Hall–Kier alpha value is -0.980. The van der Waals surface area contributed by atoms with Crippen LogP contribution in [0.1, 0.15) is 17.5 Å². The molecule has 1 aromatic rings. The monoisotopic (exact) mass is 260 g/mol. The molecule has 96 valence electrons. The number of hydrogen-bond donors (Lipinski definition) is 2. The summed E-state index contributed by atoms with van der Waals surface area (Å²) in [5.74, 6) is 0. The van der Waals surface area contributed by atoms with Crippen molar-refractivity contribution in [3.8, 4) is 0 Å². The van der Waals surface area contributed by atoms with Gasteiger partial charge in [0.15, 0.2) is 0 Å². The molecule has 4 nitrogen and oxygen atoms in total. The third-order valence-corrected chi connectivity index (χ3v) is 3.98. The fraction of sp³-hybridized carbons (Fsp3) is 0.455. The molecule has 0 radical (unpaired) electrons.